The number of ether oxygens (including phenoxy) is 1. The van der Waals surface area contributed by atoms with E-state index in [4.69, 9.17) is 10.5 Å². The van der Waals surface area contributed by atoms with E-state index >= 15 is 0 Å². The van der Waals surface area contributed by atoms with Gasteiger partial charge in [-0.05, 0) is 31.5 Å². The number of anilines is 1. The minimum Gasteiger partial charge on any atom is -0.398 e. The molecular formula is C12H19F2N3O. The molecule has 1 aromatic rings. The molecule has 6 heteroatoms. The van der Waals surface area contributed by atoms with Crippen LogP contribution in [0.25, 0.3) is 0 Å². The molecule has 0 aromatic carbocycles. The van der Waals surface area contributed by atoms with E-state index in [1.165, 1.54) is 0 Å². The summed E-state index contributed by atoms with van der Waals surface area (Å²) >= 11 is 0. The van der Waals surface area contributed by atoms with Gasteiger partial charge >= 0.3 is 0 Å². The van der Waals surface area contributed by atoms with Gasteiger partial charge in [-0.2, -0.15) is 0 Å². The number of likely N-dealkylation sites (N-methyl/N-ethyl adjacent to an activating group) is 1. The zero-order valence-electron chi connectivity index (χ0n) is 10.4. The van der Waals surface area contributed by atoms with Crippen LogP contribution in [0.1, 0.15) is 12.0 Å². The van der Waals surface area contributed by atoms with E-state index in [9.17, 15) is 8.78 Å². The molecule has 0 aliphatic carbocycles. The topological polar surface area (TPSA) is 60.2 Å². The third-order valence-electron chi connectivity index (χ3n) is 2.67. The Morgan fingerprint density at radius 2 is 2.28 bits per heavy atom. The van der Waals surface area contributed by atoms with E-state index in [1.807, 2.05) is 7.05 Å². The summed E-state index contributed by atoms with van der Waals surface area (Å²) in [6.07, 6.45) is 2.30. The molecule has 0 radical (unpaired) electrons. The van der Waals surface area contributed by atoms with Gasteiger partial charge in [0.1, 0.15) is 6.61 Å². The fourth-order valence-corrected chi connectivity index (χ4v) is 1.62. The van der Waals surface area contributed by atoms with Gasteiger partial charge in [0.2, 0.25) is 0 Å². The van der Waals surface area contributed by atoms with Gasteiger partial charge in [-0.25, -0.2) is 8.78 Å². The van der Waals surface area contributed by atoms with Crippen molar-refractivity contribution in [1.29, 1.82) is 0 Å². The summed E-state index contributed by atoms with van der Waals surface area (Å²) in [4.78, 5) is 4.01. The van der Waals surface area contributed by atoms with E-state index in [1.54, 1.807) is 18.5 Å². The van der Waals surface area contributed by atoms with E-state index in [0.717, 1.165) is 5.56 Å². The summed E-state index contributed by atoms with van der Waals surface area (Å²) in [6.45, 7) is -0.207. The van der Waals surface area contributed by atoms with Crippen LogP contribution in [0.15, 0.2) is 18.5 Å². The van der Waals surface area contributed by atoms with E-state index in [0.29, 0.717) is 25.1 Å². The minimum atomic E-state index is -2.41. The number of alkyl halides is 2. The average molecular weight is 259 g/mol. The summed E-state index contributed by atoms with van der Waals surface area (Å²) in [6, 6.07) is 1.88. The van der Waals surface area contributed by atoms with Crippen molar-refractivity contribution in [3.8, 4) is 0 Å². The monoisotopic (exact) mass is 259 g/mol. The van der Waals surface area contributed by atoms with Gasteiger partial charge in [0.05, 0.1) is 0 Å². The van der Waals surface area contributed by atoms with Crippen molar-refractivity contribution in [2.24, 2.45) is 0 Å². The van der Waals surface area contributed by atoms with Crippen LogP contribution < -0.4 is 11.1 Å². The number of aromatic nitrogens is 1. The lowest BCUT2D eigenvalue weighted by Gasteiger charge is -2.17. The number of hydrogen-bond donors (Lipinski definition) is 2. The zero-order chi connectivity index (χ0) is 13.4. The van der Waals surface area contributed by atoms with E-state index in [2.05, 4.69) is 10.3 Å². The first kappa shape index (κ1) is 14.8. The zero-order valence-corrected chi connectivity index (χ0v) is 10.4. The lowest BCUT2D eigenvalue weighted by atomic mass is 10.0. The van der Waals surface area contributed by atoms with Crippen LogP contribution in [0.3, 0.4) is 0 Å². The number of nitrogens with zero attached hydrogens (tertiary/aromatic N) is 1. The van der Waals surface area contributed by atoms with Gasteiger partial charge in [0.15, 0.2) is 0 Å². The number of nitrogens with two attached hydrogens (primary N) is 1. The van der Waals surface area contributed by atoms with Crippen LogP contribution in [0.2, 0.25) is 0 Å². The first-order valence-electron chi connectivity index (χ1n) is 5.85. The quantitative estimate of drug-likeness (QED) is 0.694. The number of halogens is 2. The molecule has 0 amide bonds. The summed E-state index contributed by atoms with van der Waals surface area (Å²) in [7, 11) is 1.82. The number of pyridine rings is 1. The first-order valence-corrected chi connectivity index (χ1v) is 5.85. The summed E-state index contributed by atoms with van der Waals surface area (Å²) < 4.78 is 28.6. The maximum Gasteiger partial charge on any atom is 0.261 e. The highest BCUT2D eigenvalue weighted by Crippen LogP contribution is 2.12. The van der Waals surface area contributed by atoms with Crippen LogP contribution in [-0.4, -0.2) is 37.7 Å². The SMILES string of the molecule is CNC(CCOCC(F)F)Cc1cnccc1N. The molecule has 0 fully saturated rings. The number of nitrogen functional groups attached to an aromatic ring is 1. The predicted octanol–water partition coefficient (Wildman–Crippen LogP) is 1.47. The Bertz CT molecular complexity index is 350. The van der Waals surface area contributed by atoms with Crippen molar-refractivity contribution in [3.63, 3.8) is 0 Å². The number of rotatable bonds is 8. The molecule has 1 aromatic heterocycles. The highest BCUT2D eigenvalue weighted by atomic mass is 19.3. The van der Waals surface area contributed by atoms with Gasteiger partial charge in [-0.1, -0.05) is 0 Å². The summed E-state index contributed by atoms with van der Waals surface area (Å²) in [5.74, 6) is 0. The second-order valence-electron chi connectivity index (χ2n) is 4.02. The Morgan fingerprint density at radius 3 is 2.89 bits per heavy atom. The largest absolute Gasteiger partial charge is 0.398 e. The smallest absolute Gasteiger partial charge is 0.261 e. The van der Waals surface area contributed by atoms with Gasteiger partial charge in [0, 0.05) is 30.7 Å². The Kier molecular flexibility index (Phi) is 6.53. The van der Waals surface area contributed by atoms with Crippen LogP contribution in [-0.2, 0) is 11.2 Å². The Balaban J connectivity index is 2.36. The van der Waals surface area contributed by atoms with Gasteiger partial charge in [-0.3, -0.25) is 4.98 Å². The van der Waals surface area contributed by atoms with Crippen LogP contribution in [0, 0.1) is 0 Å². The molecule has 1 rings (SSSR count). The van der Waals surface area contributed by atoms with E-state index < -0.39 is 13.0 Å². The molecular weight excluding hydrogens is 240 g/mol. The highest BCUT2D eigenvalue weighted by molar-refractivity contribution is 5.44. The van der Waals surface area contributed by atoms with Crippen molar-refractivity contribution in [1.82, 2.24) is 10.3 Å². The van der Waals surface area contributed by atoms with Crippen LogP contribution in [0.5, 0.6) is 0 Å². The highest BCUT2D eigenvalue weighted by Gasteiger charge is 2.10. The minimum absolute atomic E-state index is 0.133. The lowest BCUT2D eigenvalue weighted by molar-refractivity contribution is 0.0146. The Morgan fingerprint density at radius 1 is 1.50 bits per heavy atom. The van der Waals surface area contributed by atoms with Gasteiger partial charge < -0.3 is 15.8 Å². The third-order valence-corrected chi connectivity index (χ3v) is 2.67. The molecule has 1 atom stereocenters. The molecule has 102 valence electrons. The summed E-state index contributed by atoms with van der Waals surface area (Å²) in [5.41, 5.74) is 7.46. The molecule has 1 heterocycles. The second-order valence-corrected chi connectivity index (χ2v) is 4.02. The number of nitrogens with one attached hydrogen (secondary N) is 1. The molecule has 1 unspecified atom stereocenters. The molecule has 0 aliphatic rings. The normalized spacial score (nSPS) is 12.9. The van der Waals surface area contributed by atoms with Crippen LogP contribution >= 0.6 is 0 Å². The average Bonchev–Trinajstić information content (AvgIpc) is 2.35. The predicted molar refractivity (Wildman–Crippen MR) is 66.6 cm³/mol. The molecule has 3 N–H and O–H groups in total. The molecule has 0 saturated heterocycles. The molecule has 0 saturated carbocycles. The first-order chi connectivity index (χ1) is 8.63. The molecule has 18 heavy (non-hydrogen) atoms. The lowest BCUT2D eigenvalue weighted by Crippen LogP contribution is -2.29. The van der Waals surface area contributed by atoms with Crippen molar-refractivity contribution in [2.75, 3.05) is 26.0 Å². The Labute approximate surface area is 106 Å². The number of hydrogen-bond acceptors (Lipinski definition) is 4. The Hall–Kier alpha value is -1.27. The van der Waals surface area contributed by atoms with E-state index in [-0.39, 0.29) is 6.04 Å². The maximum atomic E-state index is 11.9. The van der Waals surface area contributed by atoms with Crippen molar-refractivity contribution in [2.45, 2.75) is 25.3 Å². The van der Waals surface area contributed by atoms with Crippen molar-refractivity contribution >= 4 is 5.69 Å². The van der Waals surface area contributed by atoms with Crippen LogP contribution in [0.4, 0.5) is 14.5 Å². The van der Waals surface area contributed by atoms with Crippen molar-refractivity contribution < 1.29 is 13.5 Å². The standard InChI is InChI=1S/C12H19F2N3O/c1-16-10(3-5-18-8-12(13)14)6-9-7-17-4-2-11(9)15/h2,4,7,10,12,16H,3,5-6,8H2,1H3,(H2,15,17). The maximum absolute atomic E-state index is 11.9. The second kappa shape index (κ2) is 7.94. The third kappa shape index (κ3) is 5.37. The summed E-state index contributed by atoms with van der Waals surface area (Å²) in [5, 5.41) is 3.12. The fraction of sp³-hybridized carbons (Fsp3) is 0.583. The molecule has 0 aliphatic heterocycles. The fourth-order valence-electron chi connectivity index (χ4n) is 1.62. The van der Waals surface area contributed by atoms with Gasteiger partial charge in [-0.15, -0.1) is 0 Å². The molecule has 0 bridgehead atoms. The van der Waals surface area contributed by atoms with Gasteiger partial charge in [0.25, 0.3) is 6.43 Å². The molecule has 0 spiro atoms. The molecule has 4 nitrogen and oxygen atoms in total. The van der Waals surface area contributed by atoms with Crippen molar-refractivity contribution in [3.05, 3.63) is 24.0 Å².